The Balaban J connectivity index is 3.19. The number of carbonyl (C=O) groups is 1. The van der Waals surface area contributed by atoms with Gasteiger partial charge in [-0.3, -0.25) is 10.1 Å². The van der Waals surface area contributed by atoms with E-state index in [4.69, 9.17) is 0 Å². The Kier molecular flexibility index (Phi) is 4.42. The van der Waals surface area contributed by atoms with Crippen molar-refractivity contribution in [2.75, 3.05) is 5.32 Å². The van der Waals surface area contributed by atoms with Crippen molar-refractivity contribution in [1.82, 2.24) is 0 Å². The Labute approximate surface area is 109 Å². The lowest BCUT2D eigenvalue weighted by Crippen LogP contribution is -2.43. The molecule has 1 rings (SSSR count). The quantitative estimate of drug-likeness (QED) is 0.612. The van der Waals surface area contributed by atoms with Crippen LogP contribution in [0.25, 0.3) is 0 Å². The number of carboxylic acid groups (broad SMARTS) is 1. The summed E-state index contributed by atoms with van der Waals surface area (Å²) >= 11 is 0. The first-order chi connectivity index (χ1) is 8.80. The third kappa shape index (κ3) is 3.40. The minimum atomic E-state index is -1.38. The van der Waals surface area contributed by atoms with Gasteiger partial charge in [0.15, 0.2) is 0 Å². The smallest absolute Gasteiger partial charge is 0.329 e. The fraction of sp³-hybridized carbons (Fsp3) is 0.417. The summed E-state index contributed by atoms with van der Waals surface area (Å²) in [5.74, 6) is -1.81. The molecule has 1 aromatic carbocycles. The first-order valence-electron chi connectivity index (χ1n) is 5.75. The van der Waals surface area contributed by atoms with Crippen molar-refractivity contribution >= 4 is 17.3 Å². The van der Waals surface area contributed by atoms with Crippen LogP contribution < -0.4 is 5.32 Å². The highest BCUT2D eigenvalue weighted by Crippen LogP contribution is 2.29. The van der Waals surface area contributed by atoms with Crippen LogP contribution in [0.5, 0.6) is 0 Å². The molecule has 0 amide bonds. The number of anilines is 1. The predicted octanol–water partition coefficient (Wildman–Crippen LogP) is 2.79. The van der Waals surface area contributed by atoms with E-state index >= 15 is 0 Å². The van der Waals surface area contributed by atoms with E-state index in [1.54, 1.807) is 6.92 Å². The number of carboxylic acids is 1. The van der Waals surface area contributed by atoms with Gasteiger partial charge in [0.1, 0.15) is 17.0 Å². The zero-order chi connectivity index (χ0) is 14.6. The van der Waals surface area contributed by atoms with Gasteiger partial charge in [-0.05, 0) is 19.4 Å². The number of nitrogens with one attached hydrogen (secondary N) is 1. The van der Waals surface area contributed by atoms with Crippen molar-refractivity contribution in [3.63, 3.8) is 0 Å². The molecular formula is C12H15FN2O4. The fourth-order valence-corrected chi connectivity index (χ4v) is 1.79. The van der Waals surface area contributed by atoms with E-state index in [1.807, 2.05) is 0 Å². The minimum Gasteiger partial charge on any atom is -0.480 e. The standard InChI is InChI=1S/C12H15FN2O4/c1-3-6-12(2,11(16)17)14-9-7-8(13)4-5-10(9)15(18)19/h4-5,7,14H,3,6H2,1-2H3,(H,16,17). The second-order valence-corrected chi connectivity index (χ2v) is 4.43. The molecule has 2 N–H and O–H groups in total. The van der Waals surface area contributed by atoms with Gasteiger partial charge in [0.25, 0.3) is 5.69 Å². The van der Waals surface area contributed by atoms with Crippen LogP contribution >= 0.6 is 0 Å². The second kappa shape index (κ2) is 5.64. The molecule has 0 fully saturated rings. The molecule has 104 valence electrons. The summed E-state index contributed by atoms with van der Waals surface area (Å²) in [7, 11) is 0. The summed E-state index contributed by atoms with van der Waals surface area (Å²) < 4.78 is 13.2. The summed E-state index contributed by atoms with van der Waals surface area (Å²) in [6.45, 7) is 3.20. The molecule has 0 aliphatic carbocycles. The molecule has 0 aromatic heterocycles. The Morgan fingerprint density at radius 1 is 1.58 bits per heavy atom. The summed E-state index contributed by atoms with van der Waals surface area (Å²) in [6, 6.07) is 2.89. The zero-order valence-electron chi connectivity index (χ0n) is 10.6. The van der Waals surface area contributed by atoms with Crippen LogP contribution in [0.3, 0.4) is 0 Å². The van der Waals surface area contributed by atoms with Gasteiger partial charge in [-0.1, -0.05) is 13.3 Å². The molecule has 19 heavy (non-hydrogen) atoms. The molecular weight excluding hydrogens is 255 g/mol. The Bertz CT molecular complexity index is 507. The number of hydrogen-bond acceptors (Lipinski definition) is 4. The number of benzene rings is 1. The number of hydrogen-bond donors (Lipinski definition) is 2. The molecule has 0 saturated heterocycles. The van der Waals surface area contributed by atoms with Gasteiger partial charge in [0.05, 0.1) is 4.92 Å². The number of rotatable bonds is 6. The zero-order valence-corrected chi connectivity index (χ0v) is 10.6. The minimum absolute atomic E-state index is 0.136. The third-order valence-corrected chi connectivity index (χ3v) is 2.79. The number of nitrogens with zero attached hydrogens (tertiary/aromatic N) is 1. The molecule has 0 spiro atoms. The molecule has 0 aliphatic heterocycles. The van der Waals surface area contributed by atoms with Crippen molar-refractivity contribution in [3.05, 3.63) is 34.1 Å². The molecule has 0 aliphatic rings. The largest absolute Gasteiger partial charge is 0.480 e. The molecule has 0 bridgehead atoms. The maximum Gasteiger partial charge on any atom is 0.329 e. The maximum atomic E-state index is 13.2. The van der Waals surface area contributed by atoms with E-state index in [9.17, 15) is 24.4 Å². The average Bonchev–Trinajstić information content (AvgIpc) is 2.28. The number of nitro benzene ring substituents is 1. The van der Waals surface area contributed by atoms with Gasteiger partial charge in [-0.15, -0.1) is 0 Å². The molecule has 1 aromatic rings. The molecule has 7 heteroatoms. The number of aliphatic carboxylic acids is 1. The summed E-state index contributed by atoms with van der Waals surface area (Å²) in [5, 5.41) is 22.6. The molecule has 0 radical (unpaired) electrons. The topological polar surface area (TPSA) is 92.5 Å². The van der Waals surface area contributed by atoms with E-state index in [2.05, 4.69) is 5.32 Å². The highest BCUT2D eigenvalue weighted by molar-refractivity contribution is 5.83. The maximum absolute atomic E-state index is 13.2. The van der Waals surface area contributed by atoms with Crippen molar-refractivity contribution in [1.29, 1.82) is 0 Å². The molecule has 0 saturated carbocycles. The first-order valence-corrected chi connectivity index (χ1v) is 5.75. The normalized spacial score (nSPS) is 13.6. The number of nitro groups is 1. The number of halogens is 1. The molecule has 6 nitrogen and oxygen atoms in total. The van der Waals surface area contributed by atoms with Crippen LogP contribution in [-0.2, 0) is 4.79 Å². The Morgan fingerprint density at radius 2 is 2.21 bits per heavy atom. The lowest BCUT2D eigenvalue weighted by atomic mass is 9.95. The van der Waals surface area contributed by atoms with Gasteiger partial charge in [-0.2, -0.15) is 0 Å². The molecule has 1 atom stereocenters. The lowest BCUT2D eigenvalue weighted by Gasteiger charge is -2.26. The van der Waals surface area contributed by atoms with Crippen LogP contribution in [0.1, 0.15) is 26.7 Å². The monoisotopic (exact) mass is 270 g/mol. The molecule has 1 unspecified atom stereocenters. The van der Waals surface area contributed by atoms with Crippen molar-refractivity contribution in [2.45, 2.75) is 32.2 Å². The second-order valence-electron chi connectivity index (χ2n) is 4.43. The van der Waals surface area contributed by atoms with Gasteiger partial charge < -0.3 is 10.4 Å². The summed E-state index contributed by atoms with van der Waals surface area (Å²) in [6.07, 6.45) is 0.828. The summed E-state index contributed by atoms with van der Waals surface area (Å²) in [5.41, 5.74) is -1.87. The van der Waals surface area contributed by atoms with E-state index < -0.39 is 22.2 Å². The van der Waals surface area contributed by atoms with E-state index in [0.29, 0.717) is 6.42 Å². The van der Waals surface area contributed by atoms with Crippen molar-refractivity contribution in [2.24, 2.45) is 0 Å². The van der Waals surface area contributed by atoms with Gasteiger partial charge in [0.2, 0.25) is 0 Å². The van der Waals surface area contributed by atoms with Gasteiger partial charge in [0, 0.05) is 12.1 Å². The van der Waals surface area contributed by atoms with Crippen molar-refractivity contribution in [3.8, 4) is 0 Å². The first kappa shape index (κ1) is 14.9. The highest BCUT2D eigenvalue weighted by Gasteiger charge is 2.34. The van der Waals surface area contributed by atoms with E-state index in [1.165, 1.54) is 6.92 Å². The average molecular weight is 270 g/mol. The Morgan fingerprint density at radius 3 is 2.68 bits per heavy atom. The van der Waals surface area contributed by atoms with Crippen LogP contribution in [0, 0.1) is 15.9 Å². The lowest BCUT2D eigenvalue weighted by molar-refractivity contribution is -0.384. The fourth-order valence-electron chi connectivity index (χ4n) is 1.79. The third-order valence-electron chi connectivity index (χ3n) is 2.79. The highest BCUT2D eigenvalue weighted by atomic mass is 19.1. The van der Waals surface area contributed by atoms with Crippen LogP contribution in [0.15, 0.2) is 18.2 Å². The predicted molar refractivity (Wildman–Crippen MR) is 67.6 cm³/mol. The van der Waals surface area contributed by atoms with Gasteiger partial charge in [-0.25, -0.2) is 9.18 Å². The van der Waals surface area contributed by atoms with Gasteiger partial charge >= 0.3 is 5.97 Å². The van der Waals surface area contributed by atoms with Crippen molar-refractivity contribution < 1.29 is 19.2 Å². The Hall–Kier alpha value is -2.18. The van der Waals surface area contributed by atoms with E-state index in [0.717, 1.165) is 18.2 Å². The summed E-state index contributed by atoms with van der Waals surface area (Å²) in [4.78, 5) is 21.4. The van der Waals surface area contributed by atoms with E-state index in [-0.39, 0.29) is 17.8 Å². The van der Waals surface area contributed by atoms with Crippen LogP contribution in [-0.4, -0.2) is 21.5 Å². The van der Waals surface area contributed by atoms with Crippen LogP contribution in [0.4, 0.5) is 15.8 Å². The SMILES string of the molecule is CCCC(C)(Nc1cc(F)ccc1[N+](=O)[O-])C(=O)O. The molecule has 0 heterocycles. The van der Waals surface area contributed by atoms with Crippen LogP contribution in [0.2, 0.25) is 0 Å².